The van der Waals surface area contributed by atoms with E-state index in [1.807, 2.05) is 6.08 Å². The van der Waals surface area contributed by atoms with Gasteiger partial charge in [0.2, 0.25) is 0 Å². The van der Waals surface area contributed by atoms with Gasteiger partial charge in [-0.3, -0.25) is 4.79 Å². The number of esters is 1. The van der Waals surface area contributed by atoms with Gasteiger partial charge in [0.1, 0.15) is 24.2 Å². The van der Waals surface area contributed by atoms with Crippen molar-refractivity contribution >= 4 is 11.9 Å². The van der Waals surface area contributed by atoms with Crippen molar-refractivity contribution in [3.8, 4) is 0 Å². The number of carboxylic acid groups (broad SMARTS) is 1. The third-order valence-corrected chi connectivity index (χ3v) is 8.58. The van der Waals surface area contributed by atoms with Crippen molar-refractivity contribution in [2.45, 2.75) is 125 Å². The highest BCUT2D eigenvalue weighted by atomic mass is 16.7. The summed E-state index contributed by atoms with van der Waals surface area (Å²) in [7, 11) is 0. The topological polar surface area (TPSA) is 231 Å². The number of hydrogen-bond donors (Lipinski definition) is 7. The number of epoxide rings is 1. The summed E-state index contributed by atoms with van der Waals surface area (Å²) in [6.45, 7) is 3.34. The Labute approximate surface area is 273 Å². The molecule has 4 heterocycles. The summed E-state index contributed by atoms with van der Waals surface area (Å²) < 4.78 is 28.5. The van der Waals surface area contributed by atoms with E-state index in [-0.39, 0.29) is 25.4 Å². The Hall–Kier alpha value is -2.76. The molecule has 3 saturated heterocycles. The number of rotatable bonds is 3. The molecule has 262 valence electrons. The summed E-state index contributed by atoms with van der Waals surface area (Å²) in [6, 6.07) is -1.08. The van der Waals surface area contributed by atoms with Crippen LogP contribution in [0.15, 0.2) is 60.8 Å². The lowest BCUT2D eigenvalue weighted by Gasteiger charge is -2.45. The monoisotopic (exact) mass is 665 g/mol. The van der Waals surface area contributed by atoms with Crippen LogP contribution in [0.25, 0.3) is 0 Å². The van der Waals surface area contributed by atoms with Crippen molar-refractivity contribution in [2.24, 2.45) is 11.7 Å². The number of nitrogens with two attached hydrogens (primary N) is 1. The molecule has 8 N–H and O–H groups in total. The van der Waals surface area contributed by atoms with Gasteiger partial charge in [-0.25, -0.2) is 4.79 Å². The third kappa shape index (κ3) is 10.6. The molecule has 0 aromatic heterocycles. The van der Waals surface area contributed by atoms with E-state index in [0.717, 1.165) is 0 Å². The molecule has 1 unspecified atom stereocenters. The minimum Gasteiger partial charge on any atom is -0.481 e. The molecule has 0 radical (unpaired) electrons. The van der Waals surface area contributed by atoms with E-state index in [1.165, 1.54) is 12.2 Å². The summed E-state index contributed by atoms with van der Waals surface area (Å²) in [4.78, 5) is 24.4. The lowest BCUT2D eigenvalue weighted by molar-refractivity contribution is -0.308. The van der Waals surface area contributed by atoms with E-state index in [2.05, 4.69) is 0 Å². The molecule has 14 nitrogen and oxygen atoms in total. The summed E-state index contributed by atoms with van der Waals surface area (Å²) in [5.41, 5.74) is 5.98. The first-order valence-electron chi connectivity index (χ1n) is 15.9. The number of carboxylic acids is 1. The number of carbonyl (C=O) groups is 2. The van der Waals surface area contributed by atoms with Crippen LogP contribution in [0.1, 0.15) is 46.0 Å². The molecule has 0 spiro atoms. The number of aliphatic hydroxyl groups is 5. The number of allylic oxidation sites excluding steroid dienone is 6. The van der Waals surface area contributed by atoms with Gasteiger partial charge in [0.25, 0.3) is 0 Å². The Morgan fingerprint density at radius 3 is 2.36 bits per heavy atom. The second-order valence-corrected chi connectivity index (χ2v) is 12.6. The minimum absolute atomic E-state index is 0.0789. The fraction of sp³-hybridized carbons (Fsp3) is 0.636. The van der Waals surface area contributed by atoms with Gasteiger partial charge in [-0.15, -0.1) is 0 Å². The average Bonchev–Trinajstić information content (AvgIpc) is 3.72. The molecule has 0 aromatic rings. The maximum atomic E-state index is 12.3. The minimum atomic E-state index is -2.10. The van der Waals surface area contributed by atoms with Crippen LogP contribution in [0.3, 0.4) is 0 Å². The zero-order valence-corrected chi connectivity index (χ0v) is 26.4. The van der Waals surface area contributed by atoms with Crippen LogP contribution < -0.4 is 5.73 Å². The highest BCUT2D eigenvalue weighted by Gasteiger charge is 2.51. The second kappa shape index (κ2) is 16.6. The summed E-state index contributed by atoms with van der Waals surface area (Å²) in [5.74, 6) is -5.45. The van der Waals surface area contributed by atoms with Crippen molar-refractivity contribution < 1.29 is 63.9 Å². The molecule has 14 atom stereocenters. The zero-order valence-electron chi connectivity index (χ0n) is 26.4. The van der Waals surface area contributed by atoms with Crippen molar-refractivity contribution in [3.63, 3.8) is 0 Å². The quantitative estimate of drug-likeness (QED) is 0.157. The zero-order chi connectivity index (χ0) is 34.3. The van der Waals surface area contributed by atoms with E-state index < -0.39 is 97.3 Å². The highest BCUT2D eigenvalue weighted by Crippen LogP contribution is 2.39. The number of aliphatic hydroxyl groups excluding tert-OH is 4. The van der Waals surface area contributed by atoms with Gasteiger partial charge in [-0.05, 0) is 19.9 Å². The fourth-order valence-corrected chi connectivity index (χ4v) is 6.00. The van der Waals surface area contributed by atoms with Gasteiger partial charge >= 0.3 is 11.9 Å². The van der Waals surface area contributed by atoms with Crippen molar-refractivity contribution in [1.82, 2.24) is 0 Å². The molecule has 4 aliphatic rings. The predicted molar refractivity (Wildman–Crippen MR) is 165 cm³/mol. The molecule has 47 heavy (non-hydrogen) atoms. The third-order valence-electron chi connectivity index (χ3n) is 8.58. The molecule has 0 aliphatic carbocycles. The van der Waals surface area contributed by atoms with Crippen LogP contribution in [0.2, 0.25) is 0 Å². The Bertz CT molecular complexity index is 1220. The van der Waals surface area contributed by atoms with Gasteiger partial charge in [0.15, 0.2) is 12.1 Å². The maximum absolute atomic E-state index is 12.3. The molecular formula is C33H47NO13. The first-order chi connectivity index (χ1) is 22.3. The molecule has 0 saturated carbocycles. The largest absolute Gasteiger partial charge is 0.481 e. The first-order valence-corrected chi connectivity index (χ1v) is 15.9. The number of cyclic esters (lactones) is 1. The summed E-state index contributed by atoms with van der Waals surface area (Å²) in [6.07, 6.45) is 5.25. The molecule has 0 amide bonds. The molecule has 4 rings (SSSR count). The number of ether oxygens (including phenoxy) is 5. The molecular weight excluding hydrogens is 618 g/mol. The molecule has 4 aliphatic heterocycles. The molecule has 3 fully saturated rings. The number of fused-ring (bicyclic) bond motifs is 3. The van der Waals surface area contributed by atoms with E-state index in [0.29, 0.717) is 6.42 Å². The number of carbonyl (C=O) groups excluding carboxylic acids is 1. The Morgan fingerprint density at radius 1 is 0.936 bits per heavy atom. The second-order valence-electron chi connectivity index (χ2n) is 12.6. The van der Waals surface area contributed by atoms with Gasteiger partial charge in [0.05, 0.1) is 48.8 Å². The Kier molecular flexibility index (Phi) is 13.1. The normalized spacial score (nSPS) is 47.2. The average molecular weight is 666 g/mol. The summed E-state index contributed by atoms with van der Waals surface area (Å²) >= 11 is 0. The Balaban J connectivity index is 1.58. The van der Waals surface area contributed by atoms with Crippen LogP contribution in [0, 0.1) is 5.92 Å². The van der Waals surface area contributed by atoms with Gasteiger partial charge < -0.3 is 60.1 Å². The van der Waals surface area contributed by atoms with Crippen molar-refractivity contribution in [2.75, 3.05) is 0 Å². The van der Waals surface area contributed by atoms with E-state index in [1.54, 1.807) is 56.4 Å². The first kappa shape index (κ1) is 37.1. The molecule has 14 heteroatoms. The highest BCUT2D eigenvalue weighted by molar-refractivity contribution is 5.82. The molecule has 2 bridgehead atoms. The van der Waals surface area contributed by atoms with Crippen LogP contribution in [-0.4, -0.2) is 122 Å². The standard InChI is InChI=1S/C33H47NO13/c1-18-10-8-6-4-3-5-7-9-11-21(45-32-30(39)28(34)29(38)19(2)44-32)15-25-27(31(40)41)22(36)17-33(42,47-25)16-20(35)14-24-23(46-24)12-13-26(37)43-18/h3-9,11-13,18-25,27-30,32,35-36,38-39,42H,10,14-17,34H2,1-2H3,(H,40,41)/b4-3+,7-5+,8-6-,11-9+,13-12-/t18-,19-,20+,21+,22+,23-,24+,25+,27-,28+,29-,30+,32?,33-/m1/s1. The number of hydrogen-bond acceptors (Lipinski definition) is 13. The van der Waals surface area contributed by atoms with Gasteiger partial charge in [-0.1, -0.05) is 48.6 Å². The predicted octanol–water partition coefficient (Wildman–Crippen LogP) is 0.120. The SMILES string of the molecule is C[C@@H]1C\C=C/C=C/C=C/C=C/[C@H](OC2O[C@H](C)[C@@H](O)[C@H](N)[C@@H]2O)C[C@@H]2O[C@](O)(C[C@@H](O)C[C@@H]3O[C@@H]3/C=C\C(=O)O1)C[C@H](O)[C@H]2C(=O)O. The maximum Gasteiger partial charge on any atom is 0.330 e. The molecule has 0 aromatic carbocycles. The lowest BCUT2D eigenvalue weighted by Crippen LogP contribution is -2.61. The Morgan fingerprint density at radius 2 is 1.64 bits per heavy atom. The van der Waals surface area contributed by atoms with E-state index in [9.17, 15) is 40.2 Å². The fourth-order valence-electron chi connectivity index (χ4n) is 6.00. The number of aliphatic carboxylic acids is 1. The van der Waals surface area contributed by atoms with Crippen LogP contribution >= 0.6 is 0 Å². The van der Waals surface area contributed by atoms with Gasteiger partial charge in [-0.2, -0.15) is 0 Å². The van der Waals surface area contributed by atoms with Crippen molar-refractivity contribution in [1.29, 1.82) is 0 Å². The van der Waals surface area contributed by atoms with Gasteiger partial charge in [0, 0.05) is 38.2 Å². The van der Waals surface area contributed by atoms with E-state index >= 15 is 0 Å². The van der Waals surface area contributed by atoms with Crippen LogP contribution in [0.4, 0.5) is 0 Å². The van der Waals surface area contributed by atoms with E-state index in [4.69, 9.17) is 29.4 Å². The van der Waals surface area contributed by atoms with Crippen molar-refractivity contribution in [3.05, 3.63) is 60.8 Å². The summed E-state index contributed by atoms with van der Waals surface area (Å²) in [5, 5.41) is 63.9. The lowest BCUT2D eigenvalue weighted by atomic mass is 9.83. The van der Waals surface area contributed by atoms with Crippen LogP contribution in [-0.2, 0) is 33.3 Å². The smallest absolute Gasteiger partial charge is 0.330 e. The van der Waals surface area contributed by atoms with Crippen LogP contribution in [0.5, 0.6) is 0 Å².